The van der Waals surface area contributed by atoms with Gasteiger partial charge in [-0.3, -0.25) is 28.7 Å². The van der Waals surface area contributed by atoms with Crippen molar-refractivity contribution in [2.45, 2.75) is 71.1 Å². The second-order valence-electron chi connectivity index (χ2n) is 13.5. The van der Waals surface area contributed by atoms with Crippen LogP contribution in [-0.2, 0) is 16.1 Å². The zero-order valence-corrected chi connectivity index (χ0v) is 32.6. The standard InChI is InChI=1S/C37H41ClN9O5PS/c1-19-20(2)54-36-30(19)31(22-9-11-23(38)12-10-22)43-34(32-45-44-21(3)47(32)36)53-37(52)40-16-5-4-15-39-29(49)17-41-26-8-6-7-24-25(26)18-46(35(24)51)27-13-14-28(48)42-33(27)50/h6-12,27,33-34,41,50,53H,4-5,13-18H2,1-3H3,(H,39,49)(H,40,52)(H,42,48). The molecular weight excluding hydrogens is 749 g/mol. The predicted molar refractivity (Wildman–Crippen MR) is 209 cm³/mol. The fourth-order valence-electron chi connectivity index (χ4n) is 7.00. The van der Waals surface area contributed by atoms with E-state index in [-0.39, 0.29) is 51.5 Å². The third-order valence-corrected chi connectivity index (χ3v) is 12.5. The lowest BCUT2D eigenvalue weighted by molar-refractivity contribution is -0.129. The number of hydrogen-bond donors (Lipinski definition) is 5. The molecule has 4 unspecified atom stereocenters. The van der Waals surface area contributed by atoms with Gasteiger partial charge in [0.15, 0.2) is 5.82 Å². The Labute approximate surface area is 322 Å². The Bertz CT molecular complexity index is 2150. The van der Waals surface area contributed by atoms with E-state index in [4.69, 9.17) is 16.6 Å². The van der Waals surface area contributed by atoms with E-state index >= 15 is 0 Å². The zero-order valence-electron chi connectivity index (χ0n) is 30.0. The average Bonchev–Trinajstić information content (AvgIpc) is 3.76. The van der Waals surface area contributed by atoms with Crippen LogP contribution in [0.15, 0.2) is 47.5 Å². The van der Waals surface area contributed by atoms with Crippen molar-refractivity contribution in [3.05, 3.63) is 91.8 Å². The van der Waals surface area contributed by atoms with Gasteiger partial charge in [-0.1, -0.05) is 29.8 Å². The molecule has 0 saturated carbocycles. The number of piperidine rings is 1. The third kappa shape index (κ3) is 7.63. The minimum absolute atomic E-state index is 0.0142. The maximum Gasteiger partial charge on any atom is 0.254 e. The van der Waals surface area contributed by atoms with Crippen LogP contribution in [-0.4, -0.2) is 85.8 Å². The van der Waals surface area contributed by atoms with Crippen molar-refractivity contribution in [1.29, 1.82) is 0 Å². The number of hydrogen-bond acceptors (Lipinski definition) is 10. The minimum Gasteiger partial charge on any atom is -0.376 e. The van der Waals surface area contributed by atoms with Gasteiger partial charge in [-0.05, 0) is 69.9 Å². The number of unbranched alkanes of at least 4 members (excludes halogenated alkanes) is 1. The molecule has 0 spiro atoms. The van der Waals surface area contributed by atoms with Crippen molar-refractivity contribution in [3.63, 3.8) is 0 Å². The highest BCUT2D eigenvalue weighted by Crippen LogP contribution is 2.44. The molecule has 7 rings (SSSR count). The molecule has 4 atom stereocenters. The number of aliphatic imine (C=N–C) groups is 1. The van der Waals surface area contributed by atoms with Crippen LogP contribution in [0.3, 0.4) is 0 Å². The molecule has 5 N–H and O–H groups in total. The largest absolute Gasteiger partial charge is 0.376 e. The van der Waals surface area contributed by atoms with Gasteiger partial charge in [0.05, 0.1) is 18.3 Å². The molecule has 0 radical (unpaired) electrons. The molecule has 5 heterocycles. The number of rotatable bonds is 12. The maximum atomic E-state index is 13.3. The molecule has 282 valence electrons. The molecular formula is C37H41ClN9O5PS. The molecule has 3 aliphatic rings. The van der Waals surface area contributed by atoms with E-state index in [0.29, 0.717) is 54.4 Å². The molecule has 4 aromatic rings. The average molecular weight is 790 g/mol. The number of aromatic nitrogens is 3. The molecule has 1 fully saturated rings. The highest BCUT2D eigenvalue weighted by molar-refractivity contribution is 7.58. The van der Waals surface area contributed by atoms with Crippen molar-refractivity contribution in [2.75, 3.05) is 25.0 Å². The van der Waals surface area contributed by atoms with Gasteiger partial charge >= 0.3 is 0 Å². The van der Waals surface area contributed by atoms with Crippen molar-refractivity contribution in [3.8, 4) is 5.00 Å². The summed E-state index contributed by atoms with van der Waals surface area (Å²) in [5.41, 5.74) is 5.65. The van der Waals surface area contributed by atoms with Gasteiger partial charge in [-0.15, -0.1) is 21.5 Å². The third-order valence-electron chi connectivity index (χ3n) is 9.93. The predicted octanol–water partition coefficient (Wildman–Crippen LogP) is 4.71. The number of aliphatic hydroxyl groups is 1. The molecule has 0 bridgehead atoms. The van der Waals surface area contributed by atoms with Gasteiger partial charge in [0.25, 0.3) is 5.91 Å². The van der Waals surface area contributed by atoms with Crippen molar-refractivity contribution in [1.82, 2.24) is 35.6 Å². The van der Waals surface area contributed by atoms with Gasteiger partial charge in [0.1, 0.15) is 22.8 Å². The molecule has 14 nitrogen and oxygen atoms in total. The monoisotopic (exact) mass is 789 g/mol. The first kappa shape index (κ1) is 37.6. The van der Waals surface area contributed by atoms with Crippen LogP contribution < -0.4 is 21.3 Å². The SMILES string of the molecule is Cc1sc2c(c1C)C(c1ccc(Cl)cc1)=NC(PC(=O)NCCCCNC(=O)CNc1cccc3c1CN(C1CCC(=O)NC1O)C3=O)c1nnc(C)n1-2. The quantitative estimate of drug-likeness (QED) is 0.101. The van der Waals surface area contributed by atoms with Gasteiger partial charge in [-0.2, -0.15) is 0 Å². The molecule has 17 heteroatoms. The summed E-state index contributed by atoms with van der Waals surface area (Å²) < 4.78 is 2.03. The number of nitrogens with one attached hydrogen (secondary N) is 4. The van der Waals surface area contributed by atoms with E-state index in [1.54, 1.807) is 28.4 Å². The second kappa shape index (κ2) is 16.0. The van der Waals surface area contributed by atoms with Crippen LogP contribution in [0, 0.1) is 20.8 Å². The Morgan fingerprint density at radius 3 is 2.57 bits per heavy atom. The molecule has 54 heavy (non-hydrogen) atoms. The number of amides is 4. The van der Waals surface area contributed by atoms with E-state index in [0.717, 1.165) is 38.8 Å². The topological polar surface area (TPSA) is 183 Å². The van der Waals surface area contributed by atoms with E-state index in [1.807, 2.05) is 41.8 Å². The Kier molecular flexibility index (Phi) is 11.1. The molecule has 0 aliphatic carbocycles. The Morgan fingerprint density at radius 2 is 1.81 bits per heavy atom. The molecule has 2 aromatic carbocycles. The fraction of sp³-hybridized carbons (Fsp3) is 0.378. The zero-order chi connectivity index (χ0) is 38.1. The summed E-state index contributed by atoms with van der Waals surface area (Å²) in [4.78, 5) is 58.7. The first-order chi connectivity index (χ1) is 26.0. The summed E-state index contributed by atoms with van der Waals surface area (Å²) in [6, 6.07) is 12.4. The first-order valence-corrected chi connectivity index (χ1v) is 20.1. The van der Waals surface area contributed by atoms with E-state index in [2.05, 4.69) is 45.3 Å². The van der Waals surface area contributed by atoms with Gasteiger partial charge in [0.2, 0.25) is 17.5 Å². The van der Waals surface area contributed by atoms with Crippen LogP contribution in [0.4, 0.5) is 10.5 Å². The summed E-state index contributed by atoms with van der Waals surface area (Å²) in [5, 5.41) is 32.4. The number of benzene rings is 2. The Morgan fingerprint density at radius 1 is 1.06 bits per heavy atom. The van der Waals surface area contributed by atoms with Crippen LogP contribution in [0.1, 0.15) is 80.6 Å². The normalized spacial score (nSPS) is 19.2. The fourth-order valence-corrected chi connectivity index (χ4v) is 9.33. The summed E-state index contributed by atoms with van der Waals surface area (Å²) in [6.07, 6.45) is 0.817. The number of nitrogens with zero attached hydrogens (tertiary/aromatic N) is 5. The number of carbonyl (C=O) groups excluding carboxylic acids is 4. The number of carbonyl (C=O) groups is 4. The Balaban J connectivity index is 0.895. The van der Waals surface area contributed by atoms with Crippen LogP contribution >= 0.6 is 31.5 Å². The lowest BCUT2D eigenvalue weighted by Gasteiger charge is -2.35. The number of fused-ring (bicyclic) bond motifs is 4. The lowest BCUT2D eigenvalue weighted by Crippen LogP contribution is -2.55. The molecule has 3 aliphatic heterocycles. The van der Waals surface area contributed by atoms with Crippen molar-refractivity contribution in [2.24, 2.45) is 4.99 Å². The summed E-state index contributed by atoms with van der Waals surface area (Å²) in [7, 11) is -0.228. The van der Waals surface area contributed by atoms with Gasteiger partial charge < -0.3 is 31.3 Å². The van der Waals surface area contributed by atoms with E-state index < -0.39 is 18.1 Å². The maximum absolute atomic E-state index is 13.3. The number of aryl methyl sites for hydroxylation is 2. The van der Waals surface area contributed by atoms with E-state index in [1.165, 1.54) is 4.88 Å². The number of thiophene rings is 1. The first-order valence-electron chi connectivity index (χ1n) is 17.8. The highest BCUT2D eigenvalue weighted by Gasteiger charge is 2.40. The number of aliphatic hydroxyl groups excluding tert-OH is 1. The molecule has 2 aromatic heterocycles. The van der Waals surface area contributed by atoms with Crippen LogP contribution in [0.5, 0.6) is 0 Å². The highest BCUT2D eigenvalue weighted by atomic mass is 35.5. The molecule has 4 amide bonds. The lowest BCUT2D eigenvalue weighted by atomic mass is 10.00. The smallest absolute Gasteiger partial charge is 0.254 e. The van der Waals surface area contributed by atoms with Crippen molar-refractivity contribution < 1.29 is 24.3 Å². The summed E-state index contributed by atoms with van der Waals surface area (Å²) >= 11 is 7.88. The summed E-state index contributed by atoms with van der Waals surface area (Å²) in [6.45, 7) is 7.25. The van der Waals surface area contributed by atoms with E-state index in [9.17, 15) is 24.3 Å². The minimum atomic E-state index is -1.12. The second-order valence-corrected chi connectivity index (χ2v) is 16.4. The van der Waals surface area contributed by atoms with Crippen LogP contribution in [0.2, 0.25) is 5.02 Å². The number of halogens is 1. The summed E-state index contributed by atoms with van der Waals surface area (Å²) in [5.74, 6) is 0.176. The number of anilines is 1. The Hall–Kier alpha value is -4.69. The van der Waals surface area contributed by atoms with Gasteiger partial charge in [0, 0.05) is 72.5 Å². The van der Waals surface area contributed by atoms with Crippen molar-refractivity contribution >= 4 is 66.3 Å². The van der Waals surface area contributed by atoms with Crippen LogP contribution in [0.25, 0.3) is 5.00 Å². The molecule has 1 saturated heterocycles. The van der Waals surface area contributed by atoms with Gasteiger partial charge in [-0.25, -0.2) is 0 Å².